The first-order valence-electron chi connectivity index (χ1n) is 7.00. The standard InChI is InChI=1S/C15H18N2O3S/c1-11-8-12-4-2-3-5-14(12)17(11)15(18)9-16-13-6-7-21(19,20)10-13/h2-7,11,13,16H,8-10H2,1H3/t11-,13+/m1/s1. The molecule has 2 atom stereocenters. The molecule has 0 saturated carbocycles. The van der Waals surface area contributed by atoms with Crippen molar-refractivity contribution in [3.8, 4) is 0 Å². The Hall–Kier alpha value is -1.66. The fourth-order valence-electron chi connectivity index (χ4n) is 2.95. The van der Waals surface area contributed by atoms with Crippen LogP contribution in [0, 0.1) is 0 Å². The second-order valence-corrected chi connectivity index (χ2v) is 7.52. The van der Waals surface area contributed by atoms with E-state index in [1.807, 2.05) is 31.2 Å². The van der Waals surface area contributed by atoms with Gasteiger partial charge in [-0.05, 0) is 25.0 Å². The van der Waals surface area contributed by atoms with Crippen LogP contribution in [0.5, 0.6) is 0 Å². The van der Waals surface area contributed by atoms with E-state index in [1.165, 1.54) is 11.0 Å². The Kier molecular flexibility index (Phi) is 3.59. The summed E-state index contributed by atoms with van der Waals surface area (Å²) in [6, 6.07) is 7.77. The van der Waals surface area contributed by atoms with Gasteiger partial charge >= 0.3 is 0 Å². The lowest BCUT2D eigenvalue weighted by Gasteiger charge is -2.23. The molecule has 1 N–H and O–H groups in total. The van der Waals surface area contributed by atoms with E-state index in [0.717, 1.165) is 12.1 Å². The van der Waals surface area contributed by atoms with Crippen molar-refractivity contribution in [3.05, 3.63) is 41.3 Å². The molecule has 0 unspecified atom stereocenters. The average molecular weight is 306 g/mol. The molecule has 2 aliphatic heterocycles. The molecular weight excluding hydrogens is 288 g/mol. The van der Waals surface area contributed by atoms with Crippen LogP contribution >= 0.6 is 0 Å². The molecule has 6 heteroatoms. The highest BCUT2D eigenvalue weighted by Crippen LogP contribution is 2.31. The quantitative estimate of drug-likeness (QED) is 0.899. The van der Waals surface area contributed by atoms with Crippen LogP contribution in [-0.2, 0) is 21.1 Å². The zero-order valence-electron chi connectivity index (χ0n) is 11.8. The minimum absolute atomic E-state index is 0.0230. The molecule has 2 heterocycles. The Morgan fingerprint density at radius 1 is 1.38 bits per heavy atom. The molecule has 0 radical (unpaired) electrons. The molecule has 0 saturated heterocycles. The van der Waals surface area contributed by atoms with Gasteiger partial charge in [-0.15, -0.1) is 0 Å². The van der Waals surface area contributed by atoms with Gasteiger partial charge in [-0.1, -0.05) is 24.3 Å². The van der Waals surface area contributed by atoms with Gasteiger partial charge in [0.05, 0.1) is 12.3 Å². The zero-order chi connectivity index (χ0) is 15.0. The number of carbonyl (C=O) groups is 1. The molecule has 1 amide bonds. The minimum Gasteiger partial charge on any atom is -0.308 e. The second kappa shape index (κ2) is 5.27. The molecule has 0 bridgehead atoms. The molecule has 0 aromatic heterocycles. The van der Waals surface area contributed by atoms with E-state index in [-0.39, 0.29) is 30.3 Å². The Morgan fingerprint density at radius 3 is 2.86 bits per heavy atom. The smallest absolute Gasteiger partial charge is 0.241 e. The Balaban J connectivity index is 1.65. The van der Waals surface area contributed by atoms with Gasteiger partial charge in [-0.3, -0.25) is 4.79 Å². The number of benzene rings is 1. The maximum atomic E-state index is 12.4. The number of amides is 1. The van der Waals surface area contributed by atoms with E-state index in [4.69, 9.17) is 0 Å². The fraction of sp³-hybridized carbons (Fsp3) is 0.400. The monoisotopic (exact) mass is 306 g/mol. The molecule has 1 aromatic rings. The molecule has 0 spiro atoms. The molecule has 21 heavy (non-hydrogen) atoms. The highest BCUT2D eigenvalue weighted by molar-refractivity contribution is 7.94. The van der Waals surface area contributed by atoms with Crippen LogP contribution in [0.25, 0.3) is 0 Å². The van der Waals surface area contributed by atoms with Crippen molar-refractivity contribution in [2.24, 2.45) is 0 Å². The first kappa shape index (κ1) is 14.3. The van der Waals surface area contributed by atoms with E-state index in [2.05, 4.69) is 5.32 Å². The number of rotatable bonds is 3. The van der Waals surface area contributed by atoms with E-state index >= 15 is 0 Å². The predicted molar refractivity (Wildman–Crippen MR) is 81.8 cm³/mol. The van der Waals surface area contributed by atoms with Crippen molar-refractivity contribution >= 4 is 21.4 Å². The van der Waals surface area contributed by atoms with Gasteiger partial charge < -0.3 is 10.2 Å². The summed E-state index contributed by atoms with van der Waals surface area (Å²) in [5, 5.41) is 4.22. The van der Waals surface area contributed by atoms with Crippen LogP contribution in [-0.4, -0.2) is 38.7 Å². The second-order valence-electron chi connectivity index (χ2n) is 5.59. The number of sulfone groups is 1. The van der Waals surface area contributed by atoms with Gasteiger partial charge in [0.1, 0.15) is 0 Å². The van der Waals surface area contributed by atoms with E-state index in [9.17, 15) is 13.2 Å². The number of nitrogens with zero attached hydrogens (tertiary/aromatic N) is 1. The normalized spacial score (nSPS) is 26.0. The summed E-state index contributed by atoms with van der Waals surface area (Å²) in [5.41, 5.74) is 2.15. The van der Waals surface area contributed by atoms with Crippen LogP contribution in [0.2, 0.25) is 0 Å². The Labute approximate surface area is 124 Å². The maximum Gasteiger partial charge on any atom is 0.241 e. The number of carbonyl (C=O) groups excluding carboxylic acids is 1. The lowest BCUT2D eigenvalue weighted by Crippen LogP contribution is -2.44. The molecular formula is C15H18N2O3S. The molecule has 5 nitrogen and oxygen atoms in total. The van der Waals surface area contributed by atoms with Crippen molar-refractivity contribution in [1.82, 2.24) is 5.32 Å². The van der Waals surface area contributed by atoms with Crippen molar-refractivity contribution in [2.75, 3.05) is 17.2 Å². The number of hydrogen-bond donors (Lipinski definition) is 1. The number of anilines is 1. The summed E-state index contributed by atoms with van der Waals surface area (Å²) >= 11 is 0. The fourth-order valence-corrected chi connectivity index (χ4v) is 4.22. The van der Waals surface area contributed by atoms with E-state index < -0.39 is 9.84 Å². The van der Waals surface area contributed by atoms with Crippen LogP contribution in [0.1, 0.15) is 12.5 Å². The molecule has 0 fully saturated rings. The lowest BCUT2D eigenvalue weighted by molar-refractivity contribution is -0.118. The summed E-state index contributed by atoms with van der Waals surface area (Å²) in [5.74, 6) is 0.0111. The van der Waals surface area contributed by atoms with Crippen molar-refractivity contribution in [3.63, 3.8) is 0 Å². The third-order valence-corrected chi connectivity index (χ3v) is 5.32. The highest BCUT2D eigenvalue weighted by Gasteiger charge is 2.31. The van der Waals surface area contributed by atoms with Gasteiger partial charge in [0.15, 0.2) is 9.84 Å². The number of fused-ring (bicyclic) bond motifs is 1. The van der Waals surface area contributed by atoms with Crippen LogP contribution in [0.15, 0.2) is 35.7 Å². The predicted octanol–water partition coefficient (Wildman–Crippen LogP) is 0.865. The van der Waals surface area contributed by atoms with Crippen molar-refractivity contribution in [1.29, 1.82) is 0 Å². The first-order valence-corrected chi connectivity index (χ1v) is 8.72. The van der Waals surface area contributed by atoms with Gasteiger partial charge in [0.2, 0.25) is 5.91 Å². The van der Waals surface area contributed by atoms with Gasteiger partial charge in [0, 0.05) is 23.2 Å². The lowest BCUT2D eigenvalue weighted by atomic mass is 10.1. The Morgan fingerprint density at radius 2 is 2.14 bits per heavy atom. The first-order chi connectivity index (χ1) is 9.96. The minimum atomic E-state index is -3.09. The van der Waals surface area contributed by atoms with Crippen LogP contribution in [0.3, 0.4) is 0 Å². The van der Waals surface area contributed by atoms with Gasteiger partial charge in [0.25, 0.3) is 0 Å². The van der Waals surface area contributed by atoms with E-state index in [0.29, 0.717) is 0 Å². The van der Waals surface area contributed by atoms with Crippen molar-refractivity contribution < 1.29 is 13.2 Å². The van der Waals surface area contributed by atoms with Gasteiger partial charge in [-0.25, -0.2) is 8.42 Å². The summed E-state index contributed by atoms with van der Waals surface area (Å²) in [6.07, 6.45) is 2.46. The molecule has 0 aliphatic carbocycles. The zero-order valence-corrected chi connectivity index (χ0v) is 12.6. The summed E-state index contributed by atoms with van der Waals surface area (Å²) in [6.45, 7) is 2.17. The maximum absolute atomic E-state index is 12.4. The molecule has 2 aliphatic rings. The molecule has 112 valence electrons. The summed E-state index contributed by atoms with van der Waals surface area (Å²) < 4.78 is 22.7. The molecule has 3 rings (SSSR count). The summed E-state index contributed by atoms with van der Waals surface area (Å²) in [4.78, 5) is 14.2. The highest BCUT2D eigenvalue weighted by atomic mass is 32.2. The third-order valence-electron chi connectivity index (χ3n) is 3.92. The average Bonchev–Trinajstić information content (AvgIpc) is 2.94. The van der Waals surface area contributed by atoms with Crippen molar-refractivity contribution in [2.45, 2.75) is 25.4 Å². The van der Waals surface area contributed by atoms with E-state index in [1.54, 1.807) is 11.0 Å². The number of hydrogen-bond acceptors (Lipinski definition) is 4. The van der Waals surface area contributed by atoms with Crippen LogP contribution in [0.4, 0.5) is 5.69 Å². The third kappa shape index (κ3) is 2.87. The number of para-hydroxylation sites is 1. The van der Waals surface area contributed by atoms with Gasteiger partial charge in [-0.2, -0.15) is 0 Å². The number of nitrogens with one attached hydrogen (secondary N) is 1. The SMILES string of the molecule is C[C@@H]1Cc2ccccc2N1C(=O)CN[C@H]1C=CS(=O)(=O)C1. The molecule has 1 aromatic carbocycles. The van der Waals surface area contributed by atoms with Crippen LogP contribution < -0.4 is 10.2 Å². The summed E-state index contributed by atoms with van der Waals surface area (Å²) in [7, 11) is -3.09. The Bertz CT molecular complexity index is 697. The topological polar surface area (TPSA) is 66.5 Å². The largest absolute Gasteiger partial charge is 0.308 e.